The van der Waals surface area contributed by atoms with Gasteiger partial charge in [-0.2, -0.15) is 0 Å². The molecule has 1 amide bonds. The lowest BCUT2D eigenvalue weighted by Crippen LogP contribution is -2.33. The van der Waals surface area contributed by atoms with E-state index >= 15 is 0 Å². The third kappa shape index (κ3) is 2.77. The number of ether oxygens (including phenoxy) is 1. The number of methoxy groups -OCH3 is 1. The Balaban J connectivity index is 1.84. The van der Waals surface area contributed by atoms with Gasteiger partial charge >= 0.3 is 0 Å². The van der Waals surface area contributed by atoms with E-state index in [4.69, 9.17) is 4.74 Å². The molecule has 1 saturated heterocycles. The number of amides is 1. The summed E-state index contributed by atoms with van der Waals surface area (Å²) < 4.78 is 5.31. The Kier molecular flexibility index (Phi) is 3.89. The molecule has 1 aliphatic heterocycles. The van der Waals surface area contributed by atoms with Gasteiger partial charge in [0.15, 0.2) is 0 Å². The first-order valence-electron chi connectivity index (χ1n) is 7.84. The summed E-state index contributed by atoms with van der Waals surface area (Å²) in [5.41, 5.74) is 1.10. The van der Waals surface area contributed by atoms with E-state index in [9.17, 15) is 4.79 Å². The van der Waals surface area contributed by atoms with Crippen LogP contribution in [-0.2, 0) is 4.79 Å². The molecule has 3 rings (SSSR count). The molecule has 1 aromatic rings. The van der Waals surface area contributed by atoms with E-state index in [1.165, 1.54) is 6.42 Å². The van der Waals surface area contributed by atoms with Crippen LogP contribution in [0, 0.1) is 11.8 Å². The molecule has 1 aliphatic carbocycles. The highest BCUT2D eigenvalue weighted by molar-refractivity contribution is 5.84. The summed E-state index contributed by atoms with van der Waals surface area (Å²) in [5.74, 6) is 2.50. The summed E-state index contributed by atoms with van der Waals surface area (Å²) in [5, 5.41) is 3.48. The third-order valence-electron chi connectivity index (χ3n) is 4.78. The number of hydrogen-bond acceptors (Lipinski definition) is 3. The van der Waals surface area contributed by atoms with E-state index < -0.39 is 0 Å². The second-order valence-electron chi connectivity index (χ2n) is 6.27. The Labute approximate surface area is 126 Å². The summed E-state index contributed by atoms with van der Waals surface area (Å²) >= 11 is 0. The standard InChI is InChI=1S/C17H24N2O2/c1-4-15-17(20)19(10-13-8-11(13)2)16(18-15)12-6-5-7-14(9-12)21-3/h5-7,9,11,13,15-16,18H,4,8,10H2,1-3H3. The Morgan fingerprint density at radius 2 is 2.19 bits per heavy atom. The van der Waals surface area contributed by atoms with E-state index in [-0.39, 0.29) is 18.1 Å². The zero-order chi connectivity index (χ0) is 15.0. The lowest BCUT2D eigenvalue weighted by molar-refractivity contribution is -0.130. The van der Waals surface area contributed by atoms with Crippen LogP contribution in [0.4, 0.5) is 0 Å². The van der Waals surface area contributed by atoms with Crippen molar-refractivity contribution in [3.63, 3.8) is 0 Å². The summed E-state index contributed by atoms with van der Waals surface area (Å²) in [6, 6.07) is 7.94. The molecule has 21 heavy (non-hydrogen) atoms. The van der Waals surface area contributed by atoms with Crippen LogP contribution >= 0.6 is 0 Å². The minimum absolute atomic E-state index is 0.0228. The monoisotopic (exact) mass is 288 g/mol. The fraction of sp³-hybridized carbons (Fsp3) is 0.588. The summed E-state index contributed by atoms with van der Waals surface area (Å²) in [6.45, 7) is 5.18. The van der Waals surface area contributed by atoms with Gasteiger partial charge in [0.05, 0.1) is 13.2 Å². The maximum Gasteiger partial charge on any atom is 0.241 e. The predicted octanol–water partition coefficient (Wildman–Crippen LogP) is 2.56. The molecule has 2 fully saturated rings. The van der Waals surface area contributed by atoms with Crippen LogP contribution in [-0.4, -0.2) is 30.5 Å². The predicted molar refractivity (Wildman–Crippen MR) is 81.9 cm³/mol. The summed E-state index contributed by atoms with van der Waals surface area (Å²) in [7, 11) is 1.67. The van der Waals surface area contributed by atoms with Crippen molar-refractivity contribution in [2.45, 2.75) is 38.9 Å². The van der Waals surface area contributed by atoms with Gasteiger partial charge in [-0.3, -0.25) is 10.1 Å². The van der Waals surface area contributed by atoms with Gasteiger partial charge in [0.1, 0.15) is 11.9 Å². The first kappa shape index (κ1) is 14.4. The quantitative estimate of drug-likeness (QED) is 0.905. The Morgan fingerprint density at radius 1 is 1.43 bits per heavy atom. The number of nitrogens with zero attached hydrogens (tertiary/aromatic N) is 1. The highest BCUT2D eigenvalue weighted by Crippen LogP contribution is 2.41. The minimum atomic E-state index is -0.0599. The van der Waals surface area contributed by atoms with Gasteiger partial charge in [-0.15, -0.1) is 0 Å². The van der Waals surface area contributed by atoms with Gasteiger partial charge in [-0.1, -0.05) is 26.0 Å². The van der Waals surface area contributed by atoms with Gasteiger partial charge in [0, 0.05) is 6.54 Å². The van der Waals surface area contributed by atoms with Crippen molar-refractivity contribution in [3.05, 3.63) is 29.8 Å². The highest BCUT2D eigenvalue weighted by atomic mass is 16.5. The molecule has 4 nitrogen and oxygen atoms in total. The largest absolute Gasteiger partial charge is 0.497 e. The zero-order valence-electron chi connectivity index (χ0n) is 13.0. The molecule has 1 aromatic carbocycles. The first-order valence-corrected chi connectivity index (χ1v) is 7.84. The number of carbonyl (C=O) groups excluding carboxylic acids is 1. The van der Waals surface area contributed by atoms with Crippen molar-refractivity contribution in [2.75, 3.05) is 13.7 Å². The molecule has 2 aliphatic rings. The van der Waals surface area contributed by atoms with Crippen molar-refractivity contribution in [1.82, 2.24) is 10.2 Å². The van der Waals surface area contributed by atoms with Gasteiger partial charge in [0.2, 0.25) is 5.91 Å². The average molecular weight is 288 g/mol. The Bertz CT molecular complexity index is 531. The van der Waals surface area contributed by atoms with E-state index in [0.717, 1.165) is 30.2 Å². The number of nitrogens with one attached hydrogen (secondary N) is 1. The molecule has 1 saturated carbocycles. The van der Waals surface area contributed by atoms with Crippen molar-refractivity contribution < 1.29 is 9.53 Å². The number of hydrogen-bond donors (Lipinski definition) is 1. The van der Waals surface area contributed by atoms with Crippen LogP contribution in [0.15, 0.2) is 24.3 Å². The Morgan fingerprint density at radius 3 is 2.81 bits per heavy atom. The minimum Gasteiger partial charge on any atom is -0.497 e. The maximum absolute atomic E-state index is 12.6. The number of benzene rings is 1. The molecule has 4 unspecified atom stereocenters. The molecule has 114 valence electrons. The molecule has 0 aromatic heterocycles. The van der Waals surface area contributed by atoms with Crippen LogP contribution in [0.2, 0.25) is 0 Å². The van der Waals surface area contributed by atoms with Gasteiger partial charge < -0.3 is 9.64 Å². The third-order valence-corrected chi connectivity index (χ3v) is 4.78. The lowest BCUT2D eigenvalue weighted by atomic mass is 10.1. The smallest absolute Gasteiger partial charge is 0.241 e. The maximum atomic E-state index is 12.6. The molecule has 1 heterocycles. The van der Waals surface area contributed by atoms with Crippen molar-refractivity contribution in [1.29, 1.82) is 0 Å². The van der Waals surface area contributed by atoms with Crippen LogP contribution in [0.3, 0.4) is 0 Å². The average Bonchev–Trinajstić information content (AvgIpc) is 3.11. The summed E-state index contributed by atoms with van der Waals surface area (Å²) in [4.78, 5) is 14.6. The van der Waals surface area contributed by atoms with Crippen LogP contribution < -0.4 is 10.1 Å². The molecule has 0 radical (unpaired) electrons. The van der Waals surface area contributed by atoms with Gasteiger partial charge in [-0.05, 0) is 42.4 Å². The Hall–Kier alpha value is -1.55. The van der Waals surface area contributed by atoms with Crippen LogP contribution in [0.5, 0.6) is 5.75 Å². The van der Waals surface area contributed by atoms with Gasteiger partial charge in [0.25, 0.3) is 0 Å². The second-order valence-corrected chi connectivity index (χ2v) is 6.27. The lowest BCUT2D eigenvalue weighted by Gasteiger charge is -2.25. The molecule has 1 N–H and O–H groups in total. The summed E-state index contributed by atoms with van der Waals surface area (Å²) in [6.07, 6.45) is 2.05. The fourth-order valence-electron chi connectivity index (χ4n) is 3.16. The molecule has 4 heteroatoms. The molecular weight excluding hydrogens is 264 g/mol. The molecule has 4 atom stereocenters. The topological polar surface area (TPSA) is 41.6 Å². The van der Waals surface area contributed by atoms with E-state index in [1.807, 2.05) is 23.1 Å². The van der Waals surface area contributed by atoms with Crippen molar-refractivity contribution in [2.24, 2.45) is 11.8 Å². The van der Waals surface area contributed by atoms with Crippen LogP contribution in [0.25, 0.3) is 0 Å². The van der Waals surface area contributed by atoms with E-state index in [0.29, 0.717) is 5.92 Å². The van der Waals surface area contributed by atoms with Crippen LogP contribution in [0.1, 0.15) is 38.4 Å². The highest BCUT2D eigenvalue weighted by Gasteiger charge is 2.43. The van der Waals surface area contributed by atoms with E-state index in [2.05, 4.69) is 25.2 Å². The molecule has 0 spiro atoms. The second kappa shape index (κ2) is 5.68. The SMILES string of the molecule is CCC1NC(c2cccc(OC)c2)N(CC2CC2C)C1=O. The molecule has 0 bridgehead atoms. The van der Waals surface area contributed by atoms with E-state index in [1.54, 1.807) is 7.11 Å². The van der Waals surface area contributed by atoms with Crippen molar-refractivity contribution >= 4 is 5.91 Å². The fourth-order valence-corrected chi connectivity index (χ4v) is 3.16. The number of carbonyl (C=O) groups is 1. The zero-order valence-corrected chi connectivity index (χ0v) is 13.0. The van der Waals surface area contributed by atoms with Crippen molar-refractivity contribution in [3.8, 4) is 5.75 Å². The normalized spacial score (nSPS) is 31.6. The molecular formula is C17H24N2O2. The first-order chi connectivity index (χ1) is 10.1. The number of rotatable bonds is 5. The van der Waals surface area contributed by atoms with Gasteiger partial charge in [-0.25, -0.2) is 0 Å².